The van der Waals surface area contributed by atoms with E-state index in [1.54, 1.807) is 30.3 Å². The van der Waals surface area contributed by atoms with Crippen LogP contribution in [0.15, 0.2) is 42.5 Å². The fourth-order valence-corrected chi connectivity index (χ4v) is 2.70. The van der Waals surface area contributed by atoms with Gasteiger partial charge in [0.1, 0.15) is 29.8 Å². The van der Waals surface area contributed by atoms with E-state index in [1.807, 2.05) is 18.2 Å². The minimum Gasteiger partial charge on any atom is -0.488 e. The van der Waals surface area contributed by atoms with Crippen LogP contribution >= 0.6 is 23.2 Å². The summed E-state index contributed by atoms with van der Waals surface area (Å²) in [4.78, 5) is 7.99. The molecule has 0 saturated heterocycles. The number of nitriles is 1. The third-order valence-corrected chi connectivity index (χ3v) is 4.33. The molecule has 3 rings (SSSR count). The second-order valence-electron chi connectivity index (χ2n) is 5.34. The Labute approximate surface area is 160 Å². The van der Waals surface area contributed by atoms with Crippen molar-refractivity contribution < 1.29 is 4.74 Å². The summed E-state index contributed by atoms with van der Waals surface area (Å²) in [7, 11) is 0. The summed E-state index contributed by atoms with van der Waals surface area (Å²) >= 11 is 12.0. The number of nitrogens with two attached hydrogens (primary N) is 2. The summed E-state index contributed by atoms with van der Waals surface area (Å²) in [5.41, 5.74) is 13.4. The van der Waals surface area contributed by atoms with Crippen LogP contribution in [0, 0.1) is 11.3 Å². The lowest BCUT2D eigenvalue weighted by Gasteiger charge is -2.13. The Bertz CT molecular complexity index is 1020. The first-order valence-corrected chi connectivity index (χ1v) is 8.24. The van der Waals surface area contributed by atoms with E-state index in [9.17, 15) is 5.26 Å². The highest BCUT2D eigenvalue weighted by Crippen LogP contribution is 2.33. The van der Waals surface area contributed by atoms with Crippen LogP contribution in [0.1, 0.15) is 11.1 Å². The second-order valence-corrected chi connectivity index (χ2v) is 6.15. The molecule has 0 fully saturated rings. The first-order chi connectivity index (χ1) is 12.5. The van der Waals surface area contributed by atoms with Gasteiger partial charge in [-0.25, -0.2) is 4.98 Å². The molecular formula is C18H13Cl2N5O. The Hall–Kier alpha value is -3.01. The largest absolute Gasteiger partial charge is 0.488 e. The minimum absolute atomic E-state index is 0.0178. The SMILES string of the molecule is N#Cc1c(N)nc(N)nc1-c1ccccc1OCc1ccc(Cl)c(Cl)c1. The number of para-hydroxylation sites is 1. The highest BCUT2D eigenvalue weighted by molar-refractivity contribution is 6.42. The van der Waals surface area contributed by atoms with Crippen molar-refractivity contribution in [2.75, 3.05) is 11.5 Å². The number of hydrogen-bond acceptors (Lipinski definition) is 6. The molecule has 1 aromatic heterocycles. The third kappa shape index (κ3) is 3.64. The van der Waals surface area contributed by atoms with E-state index in [0.29, 0.717) is 27.1 Å². The monoisotopic (exact) mass is 385 g/mol. The van der Waals surface area contributed by atoms with Gasteiger partial charge in [0.15, 0.2) is 0 Å². The second kappa shape index (κ2) is 7.48. The summed E-state index contributed by atoms with van der Waals surface area (Å²) in [5, 5.41) is 10.3. The van der Waals surface area contributed by atoms with Gasteiger partial charge in [-0.2, -0.15) is 10.2 Å². The molecule has 6 nitrogen and oxygen atoms in total. The molecule has 0 aliphatic heterocycles. The van der Waals surface area contributed by atoms with Crippen LogP contribution in [0.25, 0.3) is 11.3 Å². The Morgan fingerprint density at radius 1 is 1.04 bits per heavy atom. The zero-order valence-electron chi connectivity index (χ0n) is 13.4. The molecule has 0 atom stereocenters. The normalized spacial score (nSPS) is 10.3. The van der Waals surface area contributed by atoms with E-state index >= 15 is 0 Å². The molecule has 0 unspecified atom stereocenters. The van der Waals surface area contributed by atoms with Crippen molar-refractivity contribution in [2.24, 2.45) is 0 Å². The van der Waals surface area contributed by atoms with Crippen LogP contribution in [-0.4, -0.2) is 9.97 Å². The standard InChI is InChI=1S/C18H13Cl2N5O/c19-13-6-5-10(7-14(13)20)9-26-15-4-2-1-3-11(15)16-12(8-21)17(22)25-18(23)24-16/h1-7H,9H2,(H4,22,23,24,25). The molecule has 26 heavy (non-hydrogen) atoms. The summed E-state index contributed by atoms with van der Waals surface area (Å²) < 4.78 is 5.90. The van der Waals surface area contributed by atoms with E-state index in [-0.39, 0.29) is 23.9 Å². The summed E-state index contributed by atoms with van der Waals surface area (Å²) in [6, 6.07) is 14.4. The third-order valence-electron chi connectivity index (χ3n) is 3.59. The predicted molar refractivity (Wildman–Crippen MR) is 102 cm³/mol. The van der Waals surface area contributed by atoms with Crippen LogP contribution in [-0.2, 0) is 6.61 Å². The average molecular weight is 386 g/mol. The van der Waals surface area contributed by atoms with Gasteiger partial charge >= 0.3 is 0 Å². The zero-order chi connectivity index (χ0) is 18.7. The number of nitrogens with zero attached hydrogens (tertiary/aromatic N) is 3. The molecule has 3 aromatic rings. The number of ether oxygens (including phenoxy) is 1. The van der Waals surface area contributed by atoms with Crippen LogP contribution in [0.4, 0.5) is 11.8 Å². The Balaban J connectivity index is 1.97. The van der Waals surface area contributed by atoms with Crippen molar-refractivity contribution in [2.45, 2.75) is 6.61 Å². The minimum atomic E-state index is -0.0178. The van der Waals surface area contributed by atoms with Crippen LogP contribution in [0.3, 0.4) is 0 Å². The lowest BCUT2D eigenvalue weighted by Crippen LogP contribution is -2.06. The van der Waals surface area contributed by atoms with Crippen LogP contribution < -0.4 is 16.2 Å². The first-order valence-electron chi connectivity index (χ1n) is 7.49. The summed E-state index contributed by atoms with van der Waals surface area (Å²) in [6.07, 6.45) is 0. The van der Waals surface area contributed by atoms with Gasteiger partial charge in [0, 0.05) is 5.56 Å². The number of aromatic nitrogens is 2. The lowest BCUT2D eigenvalue weighted by atomic mass is 10.1. The molecule has 0 saturated carbocycles. The van der Waals surface area contributed by atoms with E-state index in [2.05, 4.69) is 9.97 Å². The van der Waals surface area contributed by atoms with Crippen molar-refractivity contribution in [3.63, 3.8) is 0 Å². The molecule has 1 heterocycles. The average Bonchev–Trinajstić information content (AvgIpc) is 2.62. The smallest absolute Gasteiger partial charge is 0.222 e. The number of anilines is 2. The van der Waals surface area contributed by atoms with Gasteiger partial charge in [0.25, 0.3) is 0 Å². The highest BCUT2D eigenvalue weighted by Gasteiger charge is 2.17. The molecular weight excluding hydrogens is 373 g/mol. The van der Waals surface area contributed by atoms with E-state index in [4.69, 9.17) is 39.4 Å². The fraction of sp³-hybridized carbons (Fsp3) is 0.0556. The van der Waals surface area contributed by atoms with Gasteiger partial charge < -0.3 is 16.2 Å². The van der Waals surface area contributed by atoms with Crippen LogP contribution in [0.5, 0.6) is 5.75 Å². The molecule has 0 bridgehead atoms. The molecule has 130 valence electrons. The molecule has 0 aliphatic rings. The van der Waals surface area contributed by atoms with Gasteiger partial charge in [-0.15, -0.1) is 0 Å². The number of hydrogen-bond donors (Lipinski definition) is 2. The summed E-state index contributed by atoms with van der Waals surface area (Å²) in [6.45, 7) is 0.256. The topological polar surface area (TPSA) is 111 Å². The fourth-order valence-electron chi connectivity index (χ4n) is 2.38. The van der Waals surface area contributed by atoms with E-state index in [0.717, 1.165) is 5.56 Å². The maximum absolute atomic E-state index is 9.39. The maximum Gasteiger partial charge on any atom is 0.222 e. The molecule has 0 aliphatic carbocycles. The number of benzene rings is 2. The first kappa shape index (κ1) is 17.8. The number of rotatable bonds is 4. The van der Waals surface area contributed by atoms with Gasteiger partial charge in [-0.1, -0.05) is 41.4 Å². The van der Waals surface area contributed by atoms with Crippen molar-refractivity contribution >= 4 is 35.0 Å². The predicted octanol–water partition coefficient (Wildman–Crippen LogP) is 4.07. The molecule has 2 aromatic carbocycles. The maximum atomic E-state index is 9.39. The quantitative estimate of drug-likeness (QED) is 0.699. The van der Waals surface area contributed by atoms with Gasteiger partial charge in [-0.05, 0) is 29.8 Å². The van der Waals surface area contributed by atoms with Crippen molar-refractivity contribution in [1.29, 1.82) is 5.26 Å². The Morgan fingerprint density at radius 2 is 1.81 bits per heavy atom. The molecule has 0 spiro atoms. The summed E-state index contributed by atoms with van der Waals surface area (Å²) in [5.74, 6) is 0.526. The Kier molecular flexibility index (Phi) is 5.12. The van der Waals surface area contributed by atoms with Crippen molar-refractivity contribution in [3.05, 3.63) is 63.6 Å². The zero-order valence-corrected chi connectivity index (χ0v) is 14.9. The van der Waals surface area contributed by atoms with E-state index in [1.165, 1.54) is 0 Å². The molecule has 4 N–H and O–H groups in total. The highest BCUT2D eigenvalue weighted by atomic mass is 35.5. The van der Waals surface area contributed by atoms with E-state index < -0.39 is 0 Å². The molecule has 8 heteroatoms. The molecule has 0 radical (unpaired) electrons. The van der Waals surface area contributed by atoms with Gasteiger partial charge in [-0.3, -0.25) is 0 Å². The van der Waals surface area contributed by atoms with Crippen LogP contribution in [0.2, 0.25) is 10.0 Å². The molecule has 0 amide bonds. The van der Waals surface area contributed by atoms with Crippen molar-refractivity contribution in [1.82, 2.24) is 9.97 Å². The Morgan fingerprint density at radius 3 is 2.54 bits per heavy atom. The lowest BCUT2D eigenvalue weighted by molar-refractivity contribution is 0.307. The number of nitrogen functional groups attached to an aromatic ring is 2. The van der Waals surface area contributed by atoms with Gasteiger partial charge in [0.2, 0.25) is 5.95 Å². The number of halogens is 2. The van der Waals surface area contributed by atoms with Crippen molar-refractivity contribution in [3.8, 4) is 23.1 Å². The van der Waals surface area contributed by atoms with Gasteiger partial charge in [0.05, 0.1) is 15.7 Å².